The number of aryl methyl sites for hydroxylation is 1. The second kappa shape index (κ2) is 12.0. The number of rotatable bonds is 9. The van der Waals surface area contributed by atoms with E-state index in [9.17, 15) is 28.4 Å². The third-order valence-electron chi connectivity index (χ3n) is 9.17. The highest BCUT2D eigenvalue weighted by molar-refractivity contribution is 6.05. The normalized spacial score (nSPS) is 20.9. The van der Waals surface area contributed by atoms with E-state index in [0.29, 0.717) is 23.4 Å². The van der Waals surface area contributed by atoms with E-state index in [-0.39, 0.29) is 40.1 Å². The molecule has 1 aliphatic carbocycles. The highest BCUT2D eigenvalue weighted by Gasteiger charge is 2.46. The number of anilines is 1. The van der Waals surface area contributed by atoms with Crippen molar-refractivity contribution in [3.63, 3.8) is 0 Å². The highest BCUT2D eigenvalue weighted by atomic mass is 19.3. The first-order valence-corrected chi connectivity index (χ1v) is 15.5. The van der Waals surface area contributed by atoms with Gasteiger partial charge in [-0.05, 0) is 86.6 Å². The monoisotopic (exact) mass is 630 g/mol. The number of nitrogens with zero attached hydrogens (tertiary/aromatic N) is 4. The van der Waals surface area contributed by atoms with E-state index in [1.165, 1.54) is 10.6 Å². The Kier molecular flexibility index (Phi) is 8.25. The fourth-order valence-electron chi connectivity index (χ4n) is 6.08. The summed E-state index contributed by atoms with van der Waals surface area (Å²) in [4.78, 5) is 45.6. The van der Waals surface area contributed by atoms with Gasteiger partial charge in [0.2, 0.25) is 0 Å². The number of pyridine rings is 2. The average Bonchev–Trinajstić information content (AvgIpc) is 3.78. The van der Waals surface area contributed by atoms with Gasteiger partial charge in [-0.3, -0.25) is 14.4 Å². The van der Waals surface area contributed by atoms with Crippen LogP contribution in [0.5, 0.6) is 0 Å². The lowest BCUT2D eigenvalue weighted by molar-refractivity contribution is -0.113. The van der Waals surface area contributed by atoms with Crippen molar-refractivity contribution in [1.29, 1.82) is 5.26 Å². The Bertz CT molecular complexity index is 1800. The molecule has 240 valence electrons. The van der Waals surface area contributed by atoms with Crippen molar-refractivity contribution in [2.75, 3.05) is 25.0 Å². The number of benzene rings is 1. The molecule has 46 heavy (non-hydrogen) atoms. The summed E-state index contributed by atoms with van der Waals surface area (Å²) in [5.74, 6) is -3.83. The van der Waals surface area contributed by atoms with Gasteiger partial charge in [-0.25, -0.2) is 13.8 Å². The molecule has 2 aliphatic heterocycles. The maximum Gasteiger partial charge on any atom is 0.282 e. The van der Waals surface area contributed by atoms with E-state index in [2.05, 4.69) is 29.5 Å². The lowest BCUT2D eigenvalue weighted by Crippen LogP contribution is -2.58. The van der Waals surface area contributed by atoms with Crippen LogP contribution < -0.4 is 16.2 Å². The van der Waals surface area contributed by atoms with Crippen LogP contribution in [0.15, 0.2) is 47.4 Å². The van der Waals surface area contributed by atoms with E-state index in [4.69, 9.17) is 4.74 Å². The Morgan fingerprint density at radius 1 is 1.17 bits per heavy atom. The molecule has 0 bridgehead atoms. The van der Waals surface area contributed by atoms with Crippen LogP contribution in [0.25, 0.3) is 11.1 Å². The summed E-state index contributed by atoms with van der Waals surface area (Å²) in [6, 6.07) is 11.6. The fraction of sp³-hybridized carbons (Fsp3) is 0.441. The van der Waals surface area contributed by atoms with Gasteiger partial charge in [-0.2, -0.15) is 5.26 Å². The largest absolute Gasteiger partial charge is 0.374 e. The number of nitriles is 1. The molecule has 0 unspecified atom stereocenters. The number of hydrogen-bond donors (Lipinski definition) is 2. The molecule has 0 spiro atoms. The Morgan fingerprint density at radius 2 is 1.93 bits per heavy atom. The van der Waals surface area contributed by atoms with Crippen molar-refractivity contribution < 1.29 is 23.1 Å². The maximum absolute atomic E-state index is 13.6. The van der Waals surface area contributed by atoms with Crippen molar-refractivity contribution in [2.24, 2.45) is 7.05 Å². The SMILES string of the molecule is C[C@H](NCc1cc(C(=O)Nc2cc(-c3ccc(C#N)cc3C(=O)N3CC(F)(F)C3)cc(C3CC3)n2)c(=O)n(C)c1)[C@@]1(C)CCCO1. The summed E-state index contributed by atoms with van der Waals surface area (Å²) in [5.41, 5.74) is 1.94. The standard InChI is InChI=1S/C34H36F2N6O4/c1-20(33(2)9-4-10-46-33)38-16-22-12-27(31(44)41(3)17-22)30(43)40-29-14-24(13-28(39-29)23-6-7-23)25-8-5-21(15-37)11-26(25)32(45)42-18-34(35,36)19-42/h5,8,11-14,17,20,23,38H,4,6-7,9-10,16,18-19H2,1-3H3,(H,39,40,43)/t20-,33+/m0/s1. The topological polar surface area (TPSA) is 129 Å². The zero-order chi connectivity index (χ0) is 32.8. The molecule has 3 aliphatic rings. The van der Waals surface area contributed by atoms with Crippen LogP contribution in [0, 0.1) is 11.3 Å². The molecule has 12 heteroatoms. The Labute approximate surface area is 265 Å². The van der Waals surface area contributed by atoms with Crippen molar-refractivity contribution in [1.82, 2.24) is 19.8 Å². The number of carbonyl (C=O) groups excluding carboxylic acids is 2. The zero-order valence-corrected chi connectivity index (χ0v) is 26.0. The second-order valence-corrected chi connectivity index (χ2v) is 12.8. The van der Waals surface area contributed by atoms with Crippen LogP contribution in [0.4, 0.5) is 14.6 Å². The molecule has 3 aromatic rings. The fourth-order valence-corrected chi connectivity index (χ4v) is 6.08. The van der Waals surface area contributed by atoms with Crippen LogP contribution >= 0.6 is 0 Å². The van der Waals surface area contributed by atoms with E-state index >= 15 is 0 Å². The van der Waals surface area contributed by atoms with Crippen molar-refractivity contribution >= 4 is 17.6 Å². The Balaban J connectivity index is 1.28. The van der Waals surface area contributed by atoms with Gasteiger partial charge in [-0.15, -0.1) is 0 Å². The van der Waals surface area contributed by atoms with Gasteiger partial charge >= 0.3 is 0 Å². The van der Waals surface area contributed by atoms with Crippen LogP contribution in [-0.4, -0.2) is 63.5 Å². The van der Waals surface area contributed by atoms with Gasteiger partial charge in [0.15, 0.2) is 0 Å². The quantitative estimate of drug-likeness (QED) is 0.354. The summed E-state index contributed by atoms with van der Waals surface area (Å²) < 4.78 is 34.5. The van der Waals surface area contributed by atoms with E-state index in [1.807, 2.05) is 12.1 Å². The number of amides is 2. The lowest BCUT2D eigenvalue weighted by Gasteiger charge is -2.39. The lowest BCUT2D eigenvalue weighted by atomic mass is 9.94. The molecule has 2 amide bonds. The minimum absolute atomic E-state index is 0.0499. The summed E-state index contributed by atoms with van der Waals surface area (Å²) in [6.45, 7) is 3.90. The number of halogens is 2. The molecule has 3 fully saturated rings. The second-order valence-electron chi connectivity index (χ2n) is 12.8. The number of aromatic nitrogens is 2. The molecule has 1 aromatic carbocycles. The third kappa shape index (κ3) is 6.43. The molecule has 6 rings (SSSR count). The van der Waals surface area contributed by atoms with E-state index in [0.717, 1.165) is 42.8 Å². The maximum atomic E-state index is 13.6. The molecular weight excluding hydrogens is 594 g/mol. The van der Waals surface area contributed by atoms with Gasteiger partial charge < -0.3 is 24.8 Å². The minimum atomic E-state index is -2.94. The number of alkyl halides is 2. The van der Waals surface area contributed by atoms with Crippen LogP contribution in [0.3, 0.4) is 0 Å². The predicted molar refractivity (Wildman–Crippen MR) is 167 cm³/mol. The smallest absolute Gasteiger partial charge is 0.282 e. The molecule has 2 N–H and O–H groups in total. The molecule has 2 saturated heterocycles. The number of ether oxygens (including phenoxy) is 1. The molecule has 0 radical (unpaired) electrons. The highest BCUT2D eigenvalue weighted by Crippen LogP contribution is 2.41. The average molecular weight is 631 g/mol. The zero-order valence-electron chi connectivity index (χ0n) is 26.0. The van der Waals surface area contributed by atoms with Crippen molar-refractivity contribution in [3.05, 3.63) is 80.9 Å². The summed E-state index contributed by atoms with van der Waals surface area (Å²) in [5, 5.41) is 15.7. The van der Waals surface area contributed by atoms with Gasteiger partial charge in [-0.1, -0.05) is 6.07 Å². The van der Waals surface area contributed by atoms with Gasteiger partial charge in [0.25, 0.3) is 23.3 Å². The summed E-state index contributed by atoms with van der Waals surface area (Å²) in [6.07, 6.45) is 5.46. The molecule has 1 saturated carbocycles. The molecule has 10 nitrogen and oxygen atoms in total. The summed E-state index contributed by atoms with van der Waals surface area (Å²) >= 11 is 0. The van der Waals surface area contributed by atoms with E-state index < -0.39 is 36.4 Å². The minimum Gasteiger partial charge on any atom is -0.374 e. The van der Waals surface area contributed by atoms with Gasteiger partial charge in [0.1, 0.15) is 11.4 Å². The summed E-state index contributed by atoms with van der Waals surface area (Å²) in [7, 11) is 1.59. The Morgan fingerprint density at radius 3 is 2.59 bits per heavy atom. The number of hydrogen-bond acceptors (Lipinski definition) is 7. The Hall–Kier alpha value is -4.47. The first-order chi connectivity index (χ1) is 21.9. The molecular formula is C34H36F2N6O4. The molecule has 2 atom stereocenters. The van der Waals surface area contributed by atoms with Crippen LogP contribution in [0.2, 0.25) is 0 Å². The van der Waals surface area contributed by atoms with Gasteiger partial charge in [0, 0.05) is 49.6 Å². The predicted octanol–water partition coefficient (Wildman–Crippen LogP) is 4.59. The number of carbonyl (C=O) groups is 2. The molecule has 2 aromatic heterocycles. The molecule has 4 heterocycles. The van der Waals surface area contributed by atoms with Gasteiger partial charge in [0.05, 0.1) is 30.3 Å². The van der Waals surface area contributed by atoms with Crippen molar-refractivity contribution in [3.8, 4) is 17.2 Å². The number of nitrogens with one attached hydrogen (secondary N) is 2. The van der Waals surface area contributed by atoms with E-state index in [1.54, 1.807) is 37.5 Å². The first kappa shape index (κ1) is 31.5. The first-order valence-electron chi connectivity index (χ1n) is 15.5. The van der Waals surface area contributed by atoms with Crippen LogP contribution in [-0.2, 0) is 18.3 Å². The van der Waals surface area contributed by atoms with Crippen molar-refractivity contribution in [2.45, 2.75) is 69.6 Å². The number of likely N-dealkylation sites (tertiary alicyclic amines) is 1. The van der Waals surface area contributed by atoms with Crippen LogP contribution in [0.1, 0.15) is 83.0 Å². The third-order valence-corrected chi connectivity index (χ3v) is 9.17.